The van der Waals surface area contributed by atoms with Crippen molar-refractivity contribution in [3.63, 3.8) is 0 Å². The van der Waals surface area contributed by atoms with Crippen molar-refractivity contribution in [2.24, 2.45) is 10.2 Å². The van der Waals surface area contributed by atoms with Gasteiger partial charge in [-0.15, -0.1) is 5.10 Å². The third kappa shape index (κ3) is 4.76. The highest BCUT2D eigenvalue weighted by atomic mass is 16.2. The lowest BCUT2D eigenvalue weighted by Crippen LogP contribution is -2.38. The molecule has 0 N–H and O–H groups in total. The summed E-state index contributed by atoms with van der Waals surface area (Å²) in [4.78, 5) is 26.6. The lowest BCUT2D eigenvalue weighted by atomic mass is 10.0. The fourth-order valence-corrected chi connectivity index (χ4v) is 3.02. The summed E-state index contributed by atoms with van der Waals surface area (Å²) < 4.78 is 0. The number of hydrogen-bond acceptors (Lipinski definition) is 4. The first-order valence-corrected chi connectivity index (χ1v) is 9.25. The highest BCUT2D eigenvalue weighted by molar-refractivity contribution is 6.51. The zero-order valence-electron chi connectivity index (χ0n) is 15.5. The Morgan fingerprint density at radius 1 is 0.889 bits per heavy atom. The van der Waals surface area contributed by atoms with Gasteiger partial charge in [0, 0.05) is 49.2 Å². The van der Waals surface area contributed by atoms with E-state index in [1.807, 2.05) is 60.4 Å². The van der Waals surface area contributed by atoms with E-state index in [4.69, 9.17) is 0 Å². The van der Waals surface area contributed by atoms with E-state index in [-0.39, 0.29) is 11.7 Å². The molecule has 1 aliphatic rings. The number of likely N-dealkylation sites (tertiary alicyclic amines) is 1. The van der Waals surface area contributed by atoms with Crippen LogP contribution < -0.4 is 0 Å². The first-order chi connectivity index (χ1) is 13.2. The van der Waals surface area contributed by atoms with Crippen LogP contribution in [0.5, 0.6) is 0 Å². The van der Waals surface area contributed by atoms with Crippen LogP contribution in [-0.4, -0.2) is 41.1 Å². The summed E-state index contributed by atoms with van der Waals surface area (Å²) in [7, 11) is 0. The van der Waals surface area contributed by atoms with Gasteiger partial charge < -0.3 is 4.90 Å². The van der Waals surface area contributed by atoms with Crippen LogP contribution in [0.15, 0.2) is 70.9 Å². The molecule has 0 aromatic heterocycles. The Morgan fingerprint density at radius 2 is 1.44 bits per heavy atom. The average Bonchev–Trinajstić information content (AvgIpc) is 2.75. The Hall–Kier alpha value is -3.08. The second kappa shape index (κ2) is 9.03. The molecular weight excluding hydrogens is 338 g/mol. The van der Waals surface area contributed by atoms with Gasteiger partial charge in [-0.2, -0.15) is 5.10 Å². The van der Waals surface area contributed by atoms with Crippen molar-refractivity contribution in [3.05, 3.63) is 71.8 Å². The third-order valence-electron chi connectivity index (χ3n) is 4.59. The standard InChI is InChI=1S/C22H23N3O2/c1-2-20(26)25-15-13-19(14-16-25)23-24-21(17-9-5-3-6-10-17)22(27)18-11-7-4-8-12-18/h3-12H,2,13-16H2,1H3. The van der Waals surface area contributed by atoms with E-state index in [1.165, 1.54) is 0 Å². The van der Waals surface area contributed by atoms with Crippen molar-refractivity contribution < 1.29 is 9.59 Å². The third-order valence-corrected chi connectivity index (χ3v) is 4.59. The van der Waals surface area contributed by atoms with E-state index in [0.29, 0.717) is 43.6 Å². The minimum absolute atomic E-state index is 0.148. The van der Waals surface area contributed by atoms with E-state index >= 15 is 0 Å². The smallest absolute Gasteiger partial charge is 0.222 e. The van der Waals surface area contributed by atoms with Crippen molar-refractivity contribution >= 4 is 23.1 Å². The molecule has 2 aromatic carbocycles. The number of hydrogen-bond donors (Lipinski definition) is 0. The van der Waals surface area contributed by atoms with E-state index in [1.54, 1.807) is 12.1 Å². The fraction of sp³-hybridized carbons (Fsp3) is 0.273. The second-order valence-corrected chi connectivity index (χ2v) is 6.41. The van der Waals surface area contributed by atoms with Crippen molar-refractivity contribution in [1.29, 1.82) is 0 Å². The van der Waals surface area contributed by atoms with E-state index in [0.717, 1.165) is 11.3 Å². The minimum Gasteiger partial charge on any atom is -0.342 e. The van der Waals surface area contributed by atoms with Gasteiger partial charge in [-0.3, -0.25) is 9.59 Å². The van der Waals surface area contributed by atoms with Crippen molar-refractivity contribution in [3.8, 4) is 0 Å². The Labute approximate surface area is 159 Å². The van der Waals surface area contributed by atoms with Crippen LogP contribution in [0.3, 0.4) is 0 Å². The van der Waals surface area contributed by atoms with E-state index in [2.05, 4.69) is 10.2 Å². The van der Waals surface area contributed by atoms with Gasteiger partial charge in [-0.1, -0.05) is 67.6 Å². The molecule has 0 atom stereocenters. The number of carbonyl (C=O) groups is 2. The average molecular weight is 361 g/mol. The number of benzene rings is 2. The highest BCUT2D eigenvalue weighted by Crippen LogP contribution is 2.12. The van der Waals surface area contributed by atoms with Gasteiger partial charge >= 0.3 is 0 Å². The Kier molecular flexibility index (Phi) is 6.26. The summed E-state index contributed by atoms with van der Waals surface area (Å²) in [6, 6.07) is 18.5. The van der Waals surface area contributed by atoms with Crippen molar-refractivity contribution in [2.45, 2.75) is 26.2 Å². The quantitative estimate of drug-likeness (QED) is 0.463. The molecule has 0 radical (unpaired) electrons. The molecule has 3 rings (SSSR count). The van der Waals surface area contributed by atoms with Crippen LogP contribution in [-0.2, 0) is 4.79 Å². The predicted molar refractivity (Wildman–Crippen MR) is 107 cm³/mol. The zero-order chi connectivity index (χ0) is 19.1. The molecule has 5 nitrogen and oxygen atoms in total. The normalized spacial score (nSPS) is 14.8. The topological polar surface area (TPSA) is 62.1 Å². The summed E-state index contributed by atoms with van der Waals surface area (Å²) in [5.74, 6) is 0.0199. The number of carbonyl (C=O) groups excluding carboxylic acids is 2. The lowest BCUT2D eigenvalue weighted by molar-refractivity contribution is -0.130. The lowest BCUT2D eigenvalue weighted by Gasteiger charge is -2.27. The summed E-state index contributed by atoms with van der Waals surface area (Å²) >= 11 is 0. The first-order valence-electron chi connectivity index (χ1n) is 9.25. The first kappa shape index (κ1) is 18.7. The maximum atomic E-state index is 12.9. The summed E-state index contributed by atoms with van der Waals surface area (Å²) in [6.45, 7) is 3.19. The second-order valence-electron chi connectivity index (χ2n) is 6.41. The molecule has 0 unspecified atom stereocenters. The highest BCUT2D eigenvalue weighted by Gasteiger charge is 2.19. The summed E-state index contributed by atoms with van der Waals surface area (Å²) in [5.41, 5.74) is 2.59. The number of nitrogens with zero attached hydrogens (tertiary/aromatic N) is 3. The molecule has 2 aromatic rings. The van der Waals surface area contributed by atoms with Gasteiger partial charge in [0.05, 0.1) is 0 Å². The van der Waals surface area contributed by atoms with Gasteiger partial charge in [0.25, 0.3) is 0 Å². The van der Waals surface area contributed by atoms with Crippen LogP contribution in [0.1, 0.15) is 42.1 Å². The zero-order valence-corrected chi connectivity index (χ0v) is 15.5. The molecule has 5 heteroatoms. The van der Waals surface area contributed by atoms with Gasteiger partial charge in [-0.25, -0.2) is 0 Å². The summed E-state index contributed by atoms with van der Waals surface area (Å²) in [6.07, 6.45) is 1.90. The number of piperidine rings is 1. The van der Waals surface area contributed by atoms with Gasteiger partial charge in [0.15, 0.2) is 0 Å². The molecule has 1 heterocycles. The Morgan fingerprint density at radius 3 is 2.00 bits per heavy atom. The number of amides is 1. The minimum atomic E-state index is -0.148. The molecule has 27 heavy (non-hydrogen) atoms. The Balaban J connectivity index is 1.84. The monoisotopic (exact) mass is 361 g/mol. The molecule has 138 valence electrons. The number of Topliss-reactive ketones (excluding diaryl/α,β-unsaturated/α-hetero) is 1. The maximum Gasteiger partial charge on any atom is 0.222 e. The van der Waals surface area contributed by atoms with Gasteiger partial charge in [0.2, 0.25) is 11.7 Å². The molecular formula is C22H23N3O2. The number of rotatable bonds is 5. The summed E-state index contributed by atoms with van der Waals surface area (Å²) in [5, 5.41) is 8.71. The van der Waals surface area contributed by atoms with Crippen LogP contribution in [0.25, 0.3) is 0 Å². The van der Waals surface area contributed by atoms with Crippen LogP contribution in [0.4, 0.5) is 0 Å². The van der Waals surface area contributed by atoms with E-state index < -0.39 is 0 Å². The van der Waals surface area contributed by atoms with E-state index in [9.17, 15) is 9.59 Å². The van der Waals surface area contributed by atoms with Gasteiger partial charge in [-0.05, 0) is 0 Å². The molecule has 1 amide bonds. The molecule has 0 saturated carbocycles. The molecule has 0 aliphatic carbocycles. The predicted octanol–water partition coefficient (Wildman–Crippen LogP) is 3.75. The molecule has 0 bridgehead atoms. The molecule has 1 saturated heterocycles. The molecule has 1 fully saturated rings. The Bertz CT molecular complexity index is 848. The largest absolute Gasteiger partial charge is 0.342 e. The maximum absolute atomic E-state index is 12.9. The molecule has 1 aliphatic heterocycles. The fourth-order valence-electron chi connectivity index (χ4n) is 3.02. The van der Waals surface area contributed by atoms with Crippen molar-refractivity contribution in [1.82, 2.24) is 4.90 Å². The van der Waals surface area contributed by atoms with Crippen molar-refractivity contribution in [2.75, 3.05) is 13.1 Å². The molecule has 0 spiro atoms. The van der Waals surface area contributed by atoms with Gasteiger partial charge in [0.1, 0.15) is 5.71 Å². The SMILES string of the molecule is CCC(=O)N1CCC(=NN=C(C(=O)c2ccccc2)c2ccccc2)CC1. The van der Waals surface area contributed by atoms with Crippen LogP contribution >= 0.6 is 0 Å². The van der Waals surface area contributed by atoms with Crippen LogP contribution in [0.2, 0.25) is 0 Å². The number of ketones is 1. The van der Waals surface area contributed by atoms with Crippen LogP contribution in [0, 0.1) is 0 Å².